The molecule has 5 nitrogen and oxygen atoms in total. The first-order chi connectivity index (χ1) is 7.70. The van der Waals surface area contributed by atoms with Gasteiger partial charge in [-0.2, -0.15) is 0 Å². The van der Waals surface area contributed by atoms with Crippen molar-refractivity contribution in [2.75, 3.05) is 13.2 Å². The van der Waals surface area contributed by atoms with E-state index in [1.165, 1.54) is 0 Å². The molecule has 2 saturated carbocycles. The molecule has 16 heavy (non-hydrogen) atoms. The Bertz CT molecular complexity index is 285. The van der Waals surface area contributed by atoms with Gasteiger partial charge in [0.05, 0.1) is 6.61 Å². The molecule has 0 aromatic heterocycles. The molecule has 2 rings (SSSR count). The lowest BCUT2D eigenvalue weighted by molar-refractivity contribution is -0.143. The van der Waals surface area contributed by atoms with E-state index in [2.05, 4.69) is 5.32 Å². The maximum atomic E-state index is 11.8. The Morgan fingerprint density at radius 2 is 2.00 bits per heavy atom. The largest absolute Gasteiger partial charge is 0.465 e. The van der Waals surface area contributed by atoms with Crippen LogP contribution < -0.4 is 5.32 Å². The minimum atomic E-state index is -0.319. The van der Waals surface area contributed by atoms with Crippen molar-refractivity contribution >= 4 is 12.0 Å². The number of urea groups is 1. The Kier molecular flexibility index (Phi) is 3.31. The SMILES string of the molecule is CCOC(=O)CN(C(=O)NC1CC1)C1CC1. The minimum Gasteiger partial charge on any atom is -0.465 e. The van der Waals surface area contributed by atoms with Gasteiger partial charge in [0.15, 0.2) is 0 Å². The fourth-order valence-corrected chi connectivity index (χ4v) is 1.58. The summed E-state index contributed by atoms with van der Waals surface area (Å²) in [6.45, 7) is 2.21. The van der Waals surface area contributed by atoms with Crippen molar-refractivity contribution in [1.82, 2.24) is 10.2 Å². The molecule has 2 aliphatic carbocycles. The molecule has 0 heterocycles. The van der Waals surface area contributed by atoms with Gasteiger partial charge in [-0.1, -0.05) is 0 Å². The summed E-state index contributed by atoms with van der Waals surface area (Å²) in [6, 6.07) is 0.456. The van der Waals surface area contributed by atoms with Crippen molar-refractivity contribution in [1.29, 1.82) is 0 Å². The third-order valence-corrected chi connectivity index (χ3v) is 2.76. The molecule has 2 amide bonds. The van der Waals surface area contributed by atoms with Crippen molar-refractivity contribution in [3.63, 3.8) is 0 Å². The predicted octanol–water partition coefficient (Wildman–Crippen LogP) is 0.886. The van der Waals surface area contributed by atoms with Crippen molar-refractivity contribution in [2.45, 2.75) is 44.7 Å². The molecule has 0 aliphatic heterocycles. The molecule has 0 spiro atoms. The van der Waals surface area contributed by atoms with E-state index in [0.717, 1.165) is 25.7 Å². The van der Waals surface area contributed by atoms with E-state index in [0.29, 0.717) is 12.6 Å². The van der Waals surface area contributed by atoms with Crippen LogP contribution in [-0.4, -0.2) is 42.1 Å². The second-order valence-corrected chi connectivity index (χ2v) is 4.39. The van der Waals surface area contributed by atoms with Crippen LogP contribution in [0.15, 0.2) is 0 Å². The Balaban J connectivity index is 1.83. The van der Waals surface area contributed by atoms with Crippen LogP contribution in [0.3, 0.4) is 0 Å². The molecule has 0 atom stereocenters. The van der Waals surface area contributed by atoms with Crippen LogP contribution in [0.2, 0.25) is 0 Å². The lowest BCUT2D eigenvalue weighted by Crippen LogP contribution is -2.45. The first-order valence-electron chi connectivity index (χ1n) is 5.93. The zero-order valence-corrected chi connectivity index (χ0v) is 9.57. The highest BCUT2D eigenvalue weighted by Gasteiger charge is 2.36. The van der Waals surface area contributed by atoms with Gasteiger partial charge < -0.3 is 15.0 Å². The summed E-state index contributed by atoms with van der Waals surface area (Å²) in [6.07, 6.45) is 4.11. The highest BCUT2D eigenvalue weighted by Crippen LogP contribution is 2.27. The monoisotopic (exact) mass is 226 g/mol. The highest BCUT2D eigenvalue weighted by molar-refractivity contribution is 5.81. The summed E-state index contributed by atoms with van der Waals surface area (Å²) in [5, 5.41) is 2.90. The van der Waals surface area contributed by atoms with E-state index in [1.54, 1.807) is 11.8 Å². The first kappa shape index (κ1) is 11.2. The molecule has 90 valence electrons. The topological polar surface area (TPSA) is 58.6 Å². The number of hydrogen-bond acceptors (Lipinski definition) is 3. The Labute approximate surface area is 95.1 Å². The summed E-state index contributed by atoms with van der Waals surface area (Å²) in [4.78, 5) is 24.8. The zero-order valence-electron chi connectivity index (χ0n) is 9.57. The van der Waals surface area contributed by atoms with E-state index in [-0.39, 0.29) is 24.6 Å². The number of nitrogens with one attached hydrogen (secondary N) is 1. The number of ether oxygens (including phenoxy) is 1. The van der Waals surface area contributed by atoms with Gasteiger partial charge in [0.1, 0.15) is 6.54 Å². The van der Waals surface area contributed by atoms with Gasteiger partial charge in [-0.05, 0) is 32.6 Å². The summed E-state index contributed by atoms with van der Waals surface area (Å²) < 4.78 is 4.86. The summed E-state index contributed by atoms with van der Waals surface area (Å²) in [5.74, 6) is -0.319. The molecule has 1 N–H and O–H groups in total. The summed E-state index contributed by atoms with van der Waals surface area (Å²) >= 11 is 0. The summed E-state index contributed by atoms with van der Waals surface area (Å²) in [5.41, 5.74) is 0. The third-order valence-electron chi connectivity index (χ3n) is 2.76. The molecular weight excluding hydrogens is 208 g/mol. The Hall–Kier alpha value is -1.26. The van der Waals surface area contributed by atoms with E-state index < -0.39 is 0 Å². The fraction of sp³-hybridized carbons (Fsp3) is 0.818. The number of nitrogens with zero attached hydrogens (tertiary/aromatic N) is 1. The van der Waals surface area contributed by atoms with Gasteiger partial charge in [0, 0.05) is 12.1 Å². The van der Waals surface area contributed by atoms with E-state index >= 15 is 0 Å². The van der Waals surface area contributed by atoms with Crippen LogP contribution in [0.1, 0.15) is 32.6 Å². The molecule has 0 bridgehead atoms. The number of esters is 1. The predicted molar refractivity (Wildman–Crippen MR) is 57.9 cm³/mol. The fourth-order valence-electron chi connectivity index (χ4n) is 1.58. The smallest absolute Gasteiger partial charge is 0.325 e. The van der Waals surface area contributed by atoms with Crippen LogP contribution in [-0.2, 0) is 9.53 Å². The normalized spacial score (nSPS) is 19.1. The average Bonchev–Trinajstić information content (AvgIpc) is 3.08. The van der Waals surface area contributed by atoms with E-state index in [4.69, 9.17) is 4.74 Å². The highest BCUT2D eigenvalue weighted by atomic mass is 16.5. The second-order valence-electron chi connectivity index (χ2n) is 4.39. The van der Waals surface area contributed by atoms with Crippen LogP contribution in [0.25, 0.3) is 0 Å². The molecule has 2 fully saturated rings. The quantitative estimate of drug-likeness (QED) is 0.708. The number of hydrogen-bond donors (Lipinski definition) is 1. The molecule has 2 aliphatic rings. The molecule has 5 heteroatoms. The Morgan fingerprint density at radius 3 is 2.50 bits per heavy atom. The van der Waals surface area contributed by atoms with E-state index in [1.807, 2.05) is 0 Å². The molecule has 0 saturated heterocycles. The van der Waals surface area contributed by atoms with Gasteiger partial charge in [-0.15, -0.1) is 0 Å². The molecule has 0 aromatic carbocycles. The van der Waals surface area contributed by atoms with Crippen molar-refractivity contribution in [3.05, 3.63) is 0 Å². The van der Waals surface area contributed by atoms with Crippen LogP contribution in [0, 0.1) is 0 Å². The van der Waals surface area contributed by atoms with Gasteiger partial charge in [-0.25, -0.2) is 4.79 Å². The van der Waals surface area contributed by atoms with Crippen molar-refractivity contribution in [3.8, 4) is 0 Å². The van der Waals surface area contributed by atoms with Gasteiger partial charge in [0.2, 0.25) is 0 Å². The van der Waals surface area contributed by atoms with Gasteiger partial charge in [-0.3, -0.25) is 4.79 Å². The number of carbonyl (C=O) groups excluding carboxylic acids is 2. The number of carbonyl (C=O) groups is 2. The van der Waals surface area contributed by atoms with Crippen LogP contribution in [0.5, 0.6) is 0 Å². The van der Waals surface area contributed by atoms with Crippen LogP contribution >= 0.6 is 0 Å². The number of rotatable bonds is 5. The molecule has 0 unspecified atom stereocenters. The van der Waals surface area contributed by atoms with E-state index in [9.17, 15) is 9.59 Å². The average molecular weight is 226 g/mol. The van der Waals surface area contributed by atoms with Crippen LogP contribution in [0.4, 0.5) is 4.79 Å². The molecular formula is C11H18N2O3. The lowest BCUT2D eigenvalue weighted by Gasteiger charge is -2.21. The van der Waals surface area contributed by atoms with Gasteiger partial charge in [0.25, 0.3) is 0 Å². The lowest BCUT2D eigenvalue weighted by atomic mass is 10.4. The third kappa shape index (κ3) is 3.12. The summed E-state index contributed by atoms with van der Waals surface area (Å²) in [7, 11) is 0. The standard InChI is InChI=1S/C11H18N2O3/c1-2-16-10(14)7-13(9-5-6-9)11(15)12-8-3-4-8/h8-9H,2-7H2,1H3,(H,12,15). The minimum absolute atomic E-state index is 0.0804. The molecule has 0 radical (unpaired) electrons. The van der Waals surface area contributed by atoms with Crippen molar-refractivity contribution in [2.24, 2.45) is 0 Å². The maximum Gasteiger partial charge on any atom is 0.325 e. The number of amides is 2. The maximum absolute atomic E-state index is 11.8. The molecule has 0 aromatic rings. The zero-order chi connectivity index (χ0) is 11.5. The second kappa shape index (κ2) is 4.72. The van der Waals surface area contributed by atoms with Crippen molar-refractivity contribution < 1.29 is 14.3 Å². The Morgan fingerprint density at radius 1 is 1.31 bits per heavy atom. The van der Waals surface area contributed by atoms with Gasteiger partial charge >= 0.3 is 12.0 Å². The first-order valence-corrected chi connectivity index (χ1v) is 5.93.